The summed E-state index contributed by atoms with van der Waals surface area (Å²) in [5.41, 5.74) is 1.11. The van der Waals surface area contributed by atoms with Crippen molar-refractivity contribution in [2.24, 2.45) is 0 Å². The SMILES string of the molecule is COc1ccc(C(CNC(=O)NCCOc2ccccc2)N(C)C)cc1. The number of hydrogen-bond acceptors (Lipinski definition) is 4. The molecule has 0 aromatic heterocycles. The minimum atomic E-state index is -0.206. The van der Waals surface area contributed by atoms with Crippen molar-refractivity contribution < 1.29 is 14.3 Å². The van der Waals surface area contributed by atoms with Crippen LogP contribution < -0.4 is 20.1 Å². The van der Waals surface area contributed by atoms with Crippen molar-refractivity contribution in [3.8, 4) is 11.5 Å². The molecular formula is C20H27N3O3. The molecule has 0 bridgehead atoms. The van der Waals surface area contributed by atoms with Crippen LogP contribution in [-0.2, 0) is 0 Å². The summed E-state index contributed by atoms with van der Waals surface area (Å²) in [6, 6.07) is 17.3. The Labute approximate surface area is 155 Å². The summed E-state index contributed by atoms with van der Waals surface area (Å²) in [5.74, 6) is 1.61. The van der Waals surface area contributed by atoms with Crippen molar-refractivity contribution in [2.75, 3.05) is 40.9 Å². The van der Waals surface area contributed by atoms with E-state index in [1.54, 1.807) is 7.11 Å². The molecule has 2 aromatic carbocycles. The first-order valence-electron chi connectivity index (χ1n) is 8.60. The van der Waals surface area contributed by atoms with Gasteiger partial charge in [0.15, 0.2) is 0 Å². The highest BCUT2D eigenvalue weighted by Gasteiger charge is 2.15. The first-order valence-corrected chi connectivity index (χ1v) is 8.60. The normalized spacial score (nSPS) is 11.7. The fourth-order valence-corrected chi connectivity index (χ4v) is 2.53. The molecule has 0 aliphatic carbocycles. The van der Waals surface area contributed by atoms with E-state index < -0.39 is 0 Å². The molecule has 1 unspecified atom stereocenters. The van der Waals surface area contributed by atoms with Crippen molar-refractivity contribution in [3.05, 3.63) is 60.2 Å². The molecule has 2 aromatic rings. The molecule has 0 radical (unpaired) electrons. The molecule has 0 fully saturated rings. The predicted octanol–water partition coefficient (Wildman–Crippen LogP) is 2.68. The zero-order valence-electron chi connectivity index (χ0n) is 15.6. The van der Waals surface area contributed by atoms with Gasteiger partial charge in [0.1, 0.15) is 18.1 Å². The van der Waals surface area contributed by atoms with E-state index in [4.69, 9.17) is 9.47 Å². The van der Waals surface area contributed by atoms with Crippen LogP contribution in [0.2, 0.25) is 0 Å². The molecule has 2 rings (SSSR count). The third-order valence-electron chi connectivity index (χ3n) is 3.98. The van der Waals surface area contributed by atoms with Crippen molar-refractivity contribution in [1.29, 1.82) is 0 Å². The molecule has 2 N–H and O–H groups in total. The molecule has 2 amide bonds. The molecule has 0 spiro atoms. The van der Waals surface area contributed by atoms with E-state index in [1.807, 2.05) is 68.7 Å². The molecule has 0 saturated heterocycles. The number of rotatable bonds is 9. The molecule has 6 nitrogen and oxygen atoms in total. The largest absolute Gasteiger partial charge is 0.497 e. The van der Waals surface area contributed by atoms with Crippen LogP contribution in [0.1, 0.15) is 11.6 Å². The minimum Gasteiger partial charge on any atom is -0.497 e. The monoisotopic (exact) mass is 357 g/mol. The number of likely N-dealkylation sites (N-methyl/N-ethyl adjacent to an activating group) is 1. The number of nitrogens with one attached hydrogen (secondary N) is 2. The van der Waals surface area contributed by atoms with E-state index in [0.717, 1.165) is 17.1 Å². The average molecular weight is 357 g/mol. The number of nitrogens with zero attached hydrogens (tertiary/aromatic N) is 1. The van der Waals surface area contributed by atoms with E-state index in [1.165, 1.54) is 0 Å². The van der Waals surface area contributed by atoms with Gasteiger partial charge in [0.25, 0.3) is 0 Å². The average Bonchev–Trinajstić information content (AvgIpc) is 2.66. The van der Waals surface area contributed by atoms with Crippen molar-refractivity contribution in [2.45, 2.75) is 6.04 Å². The van der Waals surface area contributed by atoms with E-state index in [9.17, 15) is 4.79 Å². The minimum absolute atomic E-state index is 0.0761. The van der Waals surface area contributed by atoms with Crippen molar-refractivity contribution >= 4 is 6.03 Å². The van der Waals surface area contributed by atoms with Gasteiger partial charge in [-0.25, -0.2) is 4.79 Å². The number of ether oxygens (including phenoxy) is 2. The highest BCUT2D eigenvalue weighted by Crippen LogP contribution is 2.20. The summed E-state index contributed by atoms with van der Waals surface area (Å²) >= 11 is 0. The third-order valence-corrected chi connectivity index (χ3v) is 3.98. The second-order valence-electron chi connectivity index (χ2n) is 6.05. The molecular weight excluding hydrogens is 330 g/mol. The Balaban J connectivity index is 1.74. The van der Waals surface area contributed by atoms with Crippen molar-refractivity contribution in [1.82, 2.24) is 15.5 Å². The number of urea groups is 1. The first kappa shape index (κ1) is 19.6. The van der Waals surface area contributed by atoms with E-state index in [2.05, 4.69) is 15.5 Å². The number of para-hydroxylation sites is 1. The zero-order chi connectivity index (χ0) is 18.8. The molecule has 1 atom stereocenters. The molecule has 140 valence electrons. The lowest BCUT2D eigenvalue weighted by molar-refractivity contribution is 0.229. The number of carbonyl (C=O) groups excluding carboxylic acids is 1. The summed E-state index contributed by atoms with van der Waals surface area (Å²) in [6.45, 7) is 1.37. The molecule has 6 heteroatoms. The van der Waals surface area contributed by atoms with E-state index >= 15 is 0 Å². The lowest BCUT2D eigenvalue weighted by Crippen LogP contribution is -2.41. The number of amides is 2. The van der Waals surface area contributed by atoms with Crippen LogP contribution in [0.3, 0.4) is 0 Å². The zero-order valence-corrected chi connectivity index (χ0v) is 15.6. The Bertz CT molecular complexity index is 660. The molecule has 26 heavy (non-hydrogen) atoms. The molecule has 0 saturated carbocycles. The summed E-state index contributed by atoms with van der Waals surface area (Å²) in [5, 5.41) is 5.71. The Hall–Kier alpha value is -2.73. The Morgan fingerprint density at radius 1 is 1.00 bits per heavy atom. The van der Waals surface area contributed by atoms with Crippen LogP contribution in [-0.4, -0.2) is 51.8 Å². The van der Waals surface area contributed by atoms with Crippen LogP contribution in [0.5, 0.6) is 11.5 Å². The lowest BCUT2D eigenvalue weighted by Gasteiger charge is -2.25. The van der Waals surface area contributed by atoms with Crippen LogP contribution in [0, 0.1) is 0 Å². The number of carbonyl (C=O) groups is 1. The summed E-state index contributed by atoms with van der Waals surface area (Å²) in [4.78, 5) is 14.1. The van der Waals surface area contributed by atoms with Gasteiger partial charge in [-0.3, -0.25) is 0 Å². The quantitative estimate of drug-likeness (QED) is 0.678. The summed E-state index contributed by atoms with van der Waals surface area (Å²) in [7, 11) is 5.62. The van der Waals surface area contributed by atoms with Gasteiger partial charge in [-0.05, 0) is 43.9 Å². The number of hydrogen-bond donors (Lipinski definition) is 2. The van der Waals surface area contributed by atoms with E-state index in [-0.39, 0.29) is 12.1 Å². The lowest BCUT2D eigenvalue weighted by atomic mass is 10.1. The van der Waals surface area contributed by atoms with E-state index in [0.29, 0.717) is 19.7 Å². The maximum atomic E-state index is 12.0. The summed E-state index contributed by atoms with van der Waals surface area (Å²) in [6.07, 6.45) is 0. The summed E-state index contributed by atoms with van der Waals surface area (Å²) < 4.78 is 10.7. The second kappa shape index (κ2) is 10.3. The Morgan fingerprint density at radius 2 is 1.69 bits per heavy atom. The van der Waals surface area contributed by atoms with Gasteiger partial charge in [0.2, 0.25) is 0 Å². The van der Waals surface area contributed by atoms with Gasteiger partial charge in [0.05, 0.1) is 19.7 Å². The third kappa shape index (κ3) is 6.29. The van der Waals surface area contributed by atoms with Crippen molar-refractivity contribution in [3.63, 3.8) is 0 Å². The molecule has 0 aliphatic rings. The Kier molecular flexibility index (Phi) is 7.76. The van der Waals surface area contributed by atoms with Crippen LogP contribution in [0.25, 0.3) is 0 Å². The van der Waals surface area contributed by atoms with Gasteiger partial charge >= 0.3 is 6.03 Å². The smallest absolute Gasteiger partial charge is 0.314 e. The van der Waals surface area contributed by atoms with Crippen LogP contribution in [0.15, 0.2) is 54.6 Å². The highest BCUT2D eigenvalue weighted by atomic mass is 16.5. The standard InChI is InChI=1S/C20H27N3O3/c1-23(2)19(16-9-11-17(25-3)12-10-16)15-22-20(24)21-13-14-26-18-7-5-4-6-8-18/h4-12,19H,13-15H2,1-3H3,(H2,21,22,24). The molecule has 0 aliphatic heterocycles. The van der Waals surface area contributed by atoms with Crippen LogP contribution in [0.4, 0.5) is 4.79 Å². The van der Waals surface area contributed by atoms with Gasteiger partial charge in [-0.15, -0.1) is 0 Å². The fourth-order valence-electron chi connectivity index (χ4n) is 2.53. The number of benzene rings is 2. The first-order chi connectivity index (χ1) is 12.6. The maximum absolute atomic E-state index is 12.0. The van der Waals surface area contributed by atoms with Gasteiger partial charge in [-0.2, -0.15) is 0 Å². The maximum Gasteiger partial charge on any atom is 0.314 e. The predicted molar refractivity (Wildman–Crippen MR) is 103 cm³/mol. The fraction of sp³-hybridized carbons (Fsp3) is 0.350. The van der Waals surface area contributed by atoms with Gasteiger partial charge in [0, 0.05) is 6.54 Å². The highest BCUT2D eigenvalue weighted by molar-refractivity contribution is 5.73. The van der Waals surface area contributed by atoms with Crippen LogP contribution >= 0.6 is 0 Å². The Morgan fingerprint density at radius 3 is 2.31 bits per heavy atom. The van der Waals surface area contributed by atoms with Gasteiger partial charge < -0.3 is 25.0 Å². The van der Waals surface area contributed by atoms with Gasteiger partial charge in [-0.1, -0.05) is 30.3 Å². The second-order valence-corrected chi connectivity index (χ2v) is 6.05. The molecule has 0 heterocycles. The number of methoxy groups -OCH3 is 1. The topological polar surface area (TPSA) is 62.8 Å².